The lowest BCUT2D eigenvalue weighted by molar-refractivity contribution is 0.0419. The fraction of sp³-hybridized carbons (Fsp3) is 0.552. The zero-order chi connectivity index (χ0) is 23.6. The van der Waals surface area contributed by atoms with E-state index in [0.29, 0.717) is 12.4 Å². The predicted octanol–water partition coefficient (Wildman–Crippen LogP) is 8.22. The Labute approximate surface area is 200 Å². The van der Waals surface area contributed by atoms with Gasteiger partial charge < -0.3 is 14.6 Å². The number of unbranched alkanes of at least 4 members (excludes halogenated alkanes) is 9. The van der Waals surface area contributed by atoms with Crippen molar-refractivity contribution in [2.24, 2.45) is 0 Å². The third kappa shape index (κ3) is 11.4. The summed E-state index contributed by atoms with van der Waals surface area (Å²) in [6.45, 7) is 3.61. The number of benzene rings is 2. The monoisotopic (exact) mass is 454 g/mol. The molecule has 0 fully saturated rings. The minimum absolute atomic E-state index is 0.143. The second-order valence-corrected chi connectivity index (χ2v) is 8.74. The molecule has 0 spiro atoms. The minimum atomic E-state index is -0.954. The molecule has 2 aromatic rings. The molecule has 0 aliphatic heterocycles. The molecule has 182 valence electrons. The quantitative estimate of drug-likeness (QED) is 0.217. The largest absolute Gasteiger partial charge is 0.493 e. The van der Waals surface area contributed by atoms with Gasteiger partial charge in [-0.2, -0.15) is 0 Å². The molecular weight excluding hydrogens is 412 g/mol. The summed E-state index contributed by atoms with van der Waals surface area (Å²) in [6, 6.07) is 17.3. The fourth-order valence-corrected chi connectivity index (χ4v) is 4.04. The normalized spacial score (nSPS) is 11.9. The molecule has 0 heterocycles. The second-order valence-electron chi connectivity index (χ2n) is 8.74. The summed E-state index contributed by atoms with van der Waals surface area (Å²) in [5.74, 6) is -0.509. The molecule has 2 rings (SSSR count). The first-order valence-corrected chi connectivity index (χ1v) is 12.8. The van der Waals surface area contributed by atoms with Gasteiger partial charge in [-0.15, -0.1) is 0 Å². The molecule has 1 unspecified atom stereocenters. The number of carbonyl (C=O) groups is 1. The van der Waals surface area contributed by atoms with E-state index in [-0.39, 0.29) is 11.7 Å². The maximum absolute atomic E-state index is 11.3. The van der Waals surface area contributed by atoms with Gasteiger partial charge in [-0.1, -0.05) is 101 Å². The Kier molecular flexibility index (Phi) is 14.0. The van der Waals surface area contributed by atoms with Gasteiger partial charge in [-0.05, 0) is 43.4 Å². The molecule has 0 saturated heterocycles. The van der Waals surface area contributed by atoms with Crippen molar-refractivity contribution in [1.82, 2.24) is 0 Å². The highest BCUT2D eigenvalue weighted by Crippen LogP contribution is 2.25. The molecule has 1 atom stereocenters. The molecule has 0 aromatic heterocycles. The van der Waals surface area contributed by atoms with E-state index >= 15 is 0 Å². The Balaban J connectivity index is 1.64. The van der Waals surface area contributed by atoms with Crippen molar-refractivity contribution in [2.45, 2.75) is 90.1 Å². The first kappa shape index (κ1) is 26.9. The van der Waals surface area contributed by atoms with Crippen molar-refractivity contribution < 1.29 is 19.4 Å². The Morgan fingerprint density at radius 3 is 2.09 bits per heavy atom. The molecule has 0 amide bonds. The Bertz CT molecular complexity index is 759. The Morgan fingerprint density at radius 2 is 1.36 bits per heavy atom. The Morgan fingerprint density at radius 1 is 0.758 bits per heavy atom. The van der Waals surface area contributed by atoms with Crippen LogP contribution in [0.2, 0.25) is 0 Å². The number of ether oxygens (including phenoxy) is 2. The zero-order valence-corrected chi connectivity index (χ0v) is 20.3. The van der Waals surface area contributed by atoms with E-state index in [1.165, 1.54) is 50.5 Å². The SMILES string of the molecule is CCCCCCCCCCOC(CCCCCOc1ccccc1C(=O)O)c1ccccc1. The second kappa shape index (κ2) is 17.2. The van der Waals surface area contributed by atoms with Gasteiger partial charge in [0.25, 0.3) is 0 Å². The molecule has 0 aliphatic rings. The third-order valence-electron chi connectivity index (χ3n) is 5.97. The Hall–Kier alpha value is -2.33. The molecule has 4 nitrogen and oxygen atoms in total. The molecule has 0 saturated carbocycles. The van der Waals surface area contributed by atoms with Crippen LogP contribution in [-0.4, -0.2) is 24.3 Å². The minimum Gasteiger partial charge on any atom is -0.493 e. The van der Waals surface area contributed by atoms with E-state index in [0.717, 1.165) is 38.7 Å². The van der Waals surface area contributed by atoms with E-state index in [1.807, 2.05) is 6.07 Å². The number of aromatic carboxylic acids is 1. The van der Waals surface area contributed by atoms with Crippen LogP contribution in [0.5, 0.6) is 5.75 Å². The molecule has 33 heavy (non-hydrogen) atoms. The van der Waals surface area contributed by atoms with Crippen molar-refractivity contribution in [3.63, 3.8) is 0 Å². The van der Waals surface area contributed by atoms with Crippen LogP contribution in [0.15, 0.2) is 54.6 Å². The van der Waals surface area contributed by atoms with Crippen molar-refractivity contribution in [2.75, 3.05) is 13.2 Å². The summed E-state index contributed by atoms with van der Waals surface area (Å²) in [7, 11) is 0. The summed E-state index contributed by atoms with van der Waals surface area (Å²) in [4.78, 5) is 11.3. The highest BCUT2D eigenvalue weighted by Gasteiger charge is 2.12. The number of carboxylic acid groups (broad SMARTS) is 1. The number of para-hydroxylation sites is 1. The summed E-state index contributed by atoms with van der Waals surface area (Å²) in [5, 5.41) is 9.24. The van der Waals surface area contributed by atoms with Crippen LogP contribution in [0.4, 0.5) is 0 Å². The van der Waals surface area contributed by atoms with E-state index in [2.05, 4.69) is 31.2 Å². The zero-order valence-electron chi connectivity index (χ0n) is 20.3. The van der Waals surface area contributed by atoms with Gasteiger partial charge in [0.15, 0.2) is 0 Å². The number of hydrogen-bond donors (Lipinski definition) is 1. The van der Waals surface area contributed by atoms with Gasteiger partial charge >= 0.3 is 5.97 Å². The lowest BCUT2D eigenvalue weighted by Gasteiger charge is -2.18. The number of rotatable bonds is 19. The van der Waals surface area contributed by atoms with Gasteiger partial charge in [0.05, 0.1) is 12.7 Å². The molecular formula is C29H42O4. The van der Waals surface area contributed by atoms with Crippen molar-refractivity contribution in [3.05, 3.63) is 65.7 Å². The van der Waals surface area contributed by atoms with Crippen molar-refractivity contribution in [1.29, 1.82) is 0 Å². The summed E-state index contributed by atoms with van der Waals surface area (Å²) < 4.78 is 12.0. The fourth-order valence-electron chi connectivity index (χ4n) is 4.04. The van der Waals surface area contributed by atoms with Crippen molar-refractivity contribution in [3.8, 4) is 5.75 Å². The highest BCUT2D eigenvalue weighted by molar-refractivity contribution is 5.90. The standard InChI is InChI=1S/C29H42O4/c1-2-3-4-5-6-7-8-16-23-32-27(25-18-11-9-12-19-25)21-13-10-17-24-33-28-22-15-14-20-26(28)29(30)31/h9,11-12,14-15,18-20,22,27H,2-8,10,13,16-17,21,23-24H2,1H3,(H,30,31). The summed E-state index contributed by atoms with van der Waals surface area (Å²) in [6.07, 6.45) is 14.6. The van der Waals surface area contributed by atoms with Crippen LogP contribution in [0, 0.1) is 0 Å². The van der Waals surface area contributed by atoms with E-state index in [4.69, 9.17) is 9.47 Å². The van der Waals surface area contributed by atoms with Crippen LogP contribution in [-0.2, 0) is 4.74 Å². The molecule has 4 heteroatoms. The maximum atomic E-state index is 11.3. The molecule has 0 bridgehead atoms. The molecule has 0 aliphatic carbocycles. The van der Waals surface area contributed by atoms with Crippen LogP contribution >= 0.6 is 0 Å². The molecule has 1 N–H and O–H groups in total. The van der Waals surface area contributed by atoms with Crippen LogP contribution < -0.4 is 4.74 Å². The maximum Gasteiger partial charge on any atom is 0.339 e. The van der Waals surface area contributed by atoms with Crippen LogP contribution in [0.1, 0.15) is 106 Å². The van der Waals surface area contributed by atoms with E-state index < -0.39 is 5.97 Å². The van der Waals surface area contributed by atoms with Gasteiger partial charge in [-0.3, -0.25) is 0 Å². The lowest BCUT2D eigenvalue weighted by atomic mass is 10.0. The average molecular weight is 455 g/mol. The topological polar surface area (TPSA) is 55.8 Å². The average Bonchev–Trinajstić information content (AvgIpc) is 2.84. The summed E-state index contributed by atoms with van der Waals surface area (Å²) in [5.41, 5.74) is 1.47. The summed E-state index contributed by atoms with van der Waals surface area (Å²) >= 11 is 0. The third-order valence-corrected chi connectivity index (χ3v) is 5.97. The van der Waals surface area contributed by atoms with Gasteiger partial charge in [0, 0.05) is 6.61 Å². The van der Waals surface area contributed by atoms with Crippen LogP contribution in [0.25, 0.3) is 0 Å². The van der Waals surface area contributed by atoms with Crippen molar-refractivity contribution >= 4 is 5.97 Å². The van der Waals surface area contributed by atoms with Gasteiger partial charge in [-0.25, -0.2) is 4.79 Å². The first-order chi connectivity index (χ1) is 16.2. The molecule has 2 aromatic carbocycles. The number of hydrogen-bond acceptors (Lipinski definition) is 3. The van der Waals surface area contributed by atoms with E-state index in [9.17, 15) is 9.90 Å². The smallest absolute Gasteiger partial charge is 0.339 e. The van der Waals surface area contributed by atoms with Crippen LogP contribution in [0.3, 0.4) is 0 Å². The first-order valence-electron chi connectivity index (χ1n) is 12.8. The lowest BCUT2D eigenvalue weighted by Crippen LogP contribution is -2.07. The van der Waals surface area contributed by atoms with E-state index in [1.54, 1.807) is 24.3 Å². The van der Waals surface area contributed by atoms with Gasteiger partial charge in [0.2, 0.25) is 0 Å². The predicted molar refractivity (Wildman–Crippen MR) is 135 cm³/mol. The van der Waals surface area contributed by atoms with Gasteiger partial charge in [0.1, 0.15) is 11.3 Å². The number of carboxylic acids is 1. The molecule has 0 radical (unpaired) electrons. The highest BCUT2D eigenvalue weighted by atomic mass is 16.5.